The molecule has 4 heteroatoms. The summed E-state index contributed by atoms with van der Waals surface area (Å²) in [6, 6.07) is 14.3. The second-order valence-electron chi connectivity index (χ2n) is 3.41. The Kier molecular flexibility index (Phi) is 5.63. The van der Waals surface area contributed by atoms with Crippen LogP contribution in [0.3, 0.4) is 0 Å². The monoisotopic (exact) mass is 222 g/mol. The summed E-state index contributed by atoms with van der Waals surface area (Å²) in [5.74, 6) is 0. The molecule has 0 aliphatic heterocycles. The van der Waals surface area contributed by atoms with E-state index in [1.807, 2.05) is 24.3 Å². The van der Waals surface area contributed by atoms with Crippen LogP contribution >= 0.6 is 0 Å². The van der Waals surface area contributed by atoms with Crippen LogP contribution in [-0.4, -0.2) is 17.5 Å². The van der Waals surface area contributed by atoms with Crippen LogP contribution in [0.1, 0.15) is 11.6 Å². The van der Waals surface area contributed by atoms with Gasteiger partial charge in [0.15, 0.2) is 0 Å². The van der Waals surface area contributed by atoms with Crippen molar-refractivity contribution in [2.45, 2.75) is 6.04 Å². The lowest BCUT2D eigenvalue weighted by molar-refractivity contribution is 0.743. The Balaban J connectivity index is 0.00000112. The molecule has 1 unspecified atom stereocenters. The molecule has 1 atom stereocenters. The Bertz CT molecular complexity index is 440. The summed E-state index contributed by atoms with van der Waals surface area (Å²) < 4.78 is 0. The summed E-state index contributed by atoms with van der Waals surface area (Å²) in [7, 11) is 0. The van der Waals surface area contributed by atoms with E-state index in [4.69, 9.17) is 11.5 Å². The second-order valence-corrected chi connectivity index (χ2v) is 3.41. The highest BCUT2D eigenvalue weighted by atomic mass is 16.0. The van der Waals surface area contributed by atoms with E-state index in [1.54, 1.807) is 0 Å². The first-order chi connectivity index (χ1) is 6.83. The zero-order valence-corrected chi connectivity index (χ0v) is 8.98. The van der Waals surface area contributed by atoms with E-state index >= 15 is 0 Å². The number of benzene rings is 2. The lowest BCUT2D eigenvalue weighted by Gasteiger charge is -2.12. The quantitative estimate of drug-likeness (QED) is 0.752. The van der Waals surface area contributed by atoms with Crippen LogP contribution in [0.2, 0.25) is 0 Å². The molecule has 0 aliphatic carbocycles. The molecule has 0 amide bonds. The average Bonchev–Trinajstić information content (AvgIpc) is 2.27. The van der Waals surface area contributed by atoms with Crippen molar-refractivity contribution < 1.29 is 11.0 Å². The van der Waals surface area contributed by atoms with E-state index in [0.717, 1.165) is 5.56 Å². The molecular weight excluding hydrogens is 204 g/mol. The maximum absolute atomic E-state index is 5.94. The topological polar surface area (TPSA) is 115 Å². The highest BCUT2D eigenvalue weighted by Crippen LogP contribution is 2.22. The van der Waals surface area contributed by atoms with Gasteiger partial charge in [-0.25, -0.2) is 0 Å². The van der Waals surface area contributed by atoms with Crippen molar-refractivity contribution in [3.8, 4) is 0 Å². The fourth-order valence-electron chi connectivity index (χ4n) is 1.70. The smallest absolute Gasteiger partial charge is 0.0425 e. The summed E-state index contributed by atoms with van der Waals surface area (Å²) in [6.07, 6.45) is 0. The Labute approximate surface area is 94.5 Å². The predicted octanol–water partition coefficient (Wildman–Crippen LogP) is 0.149. The second kappa shape index (κ2) is 6.19. The van der Waals surface area contributed by atoms with Gasteiger partial charge in [0, 0.05) is 12.6 Å². The molecule has 2 rings (SSSR count). The third-order valence-corrected chi connectivity index (χ3v) is 2.48. The van der Waals surface area contributed by atoms with Gasteiger partial charge in [0.25, 0.3) is 0 Å². The standard InChI is InChI=1S/C12H14N2.2H2O/c13-8-12(14)11-7-3-5-9-4-1-2-6-10(9)11;;/h1-7,12H,8,13-14H2;2*1H2. The van der Waals surface area contributed by atoms with Crippen LogP contribution in [0.4, 0.5) is 0 Å². The Morgan fingerprint density at radius 1 is 0.938 bits per heavy atom. The van der Waals surface area contributed by atoms with Crippen molar-refractivity contribution >= 4 is 10.8 Å². The normalized spacial score (nSPS) is 11.4. The molecule has 0 saturated carbocycles. The van der Waals surface area contributed by atoms with E-state index in [0.29, 0.717) is 6.54 Å². The summed E-state index contributed by atoms with van der Waals surface area (Å²) in [6.45, 7) is 0.480. The zero-order chi connectivity index (χ0) is 9.97. The molecule has 4 nitrogen and oxygen atoms in total. The van der Waals surface area contributed by atoms with Crippen LogP contribution in [0.15, 0.2) is 42.5 Å². The molecule has 0 fully saturated rings. The molecule has 0 saturated heterocycles. The van der Waals surface area contributed by atoms with Crippen molar-refractivity contribution in [2.75, 3.05) is 6.54 Å². The summed E-state index contributed by atoms with van der Waals surface area (Å²) >= 11 is 0. The molecular formula is C12H18N2O2. The van der Waals surface area contributed by atoms with E-state index in [1.165, 1.54) is 10.8 Å². The lowest BCUT2D eigenvalue weighted by atomic mass is 9.99. The van der Waals surface area contributed by atoms with Crippen LogP contribution in [0, 0.1) is 0 Å². The molecule has 0 bridgehead atoms. The van der Waals surface area contributed by atoms with Crippen LogP contribution < -0.4 is 11.5 Å². The van der Waals surface area contributed by atoms with Gasteiger partial charge in [-0.2, -0.15) is 0 Å². The molecule has 0 radical (unpaired) electrons. The van der Waals surface area contributed by atoms with Crippen molar-refractivity contribution in [2.24, 2.45) is 11.5 Å². The first-order valence-electron chi connectivity index (χ1n) is 4.76. The van der Waals surface area contributed by atoms with Gasteiger partial charge in [0.05, 0.1) is 0 Å². The minimum Gasteiger partial charge on any atom is -0.412 e. The average molecular weight is 222 g/mol. The molecule has 0 heterocycles. The largest absolute Gasteiger partial charge is 0.412 e. The van der Waals surface area contributed by atoms with Gasteiger partial charge < -0.3 is 22.4 Å². The fourth-order valence-corrected chi connectivity index (χ4v) is 1.70. The molecule has 0 aliphatic rings. The molecule has 2 aromatic carbocycles. The maximum atomic E-state index is 5.94. The Morgan fingerprint density at radius 3 is 2.25 bits per heavy atom. The first-order valence-corrected chi connectivity index (χ1v) is 4.76. The fraction of sp³-hybridized carbons (Fsp3) is 0.167. The van der Waals surface area contributed by atoms with Crippen LogP contribution in [0.25, 0.3) is 10.8 Å². The van der Waals surface area contributed by atoms with Crippen LogP contribution in [0.5, 0.6) is 0 Å². The molecule has 88 valence electrons. The third-order valence-electron chi connectivity index (χ3n) is 2.48. The minimum atomic E-state index is -0.0684. The Hall–Kier alpha value is -1.46. The zero-order valence-electron chi connectivity index (χ0n) is 8.98. The van der Waals surface area contributed by atoms with Crippen LogP contribution in [-0.2, 0) is 0 Å². The van der Waals surface area contributed by atoms with Gasteiger partial charge in [-0.05, 0) is 16.3 Å². The van der Waals surface area contributed by atoms with Gasteiger partial charge in [-0.15, -0.1) is 0 Å². The van der Waals surface area contributed by atoms with Gasteiger partial charge in [-0.1, -0.05) is 42.5 Å². The number of fused-ring (bicyclic) bond motifs is 1. The van der Waals surface area contributed by atoms with Crippen molar-refractivity contribution in [1.82, 2.24) is 0 Å². The summed E-state index contributed by atoms with van der Waals surface area (Å²) in [5, 5.41) is 2.42. The van der Waals surface area contributed by atoms with Gasteiger partial charge in [0.2, 0.25) is 0 Å². The first kappa shape index (κ1) is 14.5. The number of hydrogen-bond acceptors (Lipinski definition) is 2. The molecule has 0 aromatic heterocycles. The van der Waals surface area contributed by atoms with Gasteiger partial charge in [-0.3, -0.25) is 0 Å². The lowest BCUT2D eigenvalue weighted by Crippen LogP contribution is -2.20. The number of rotatable bonds is 2. The van der Waals surface area contributed by atoms with E-state index in [9.17, 15) is 0 Å². The molecule has 8 N–H and O–H groups in total. The minimum absolute atomic E-state index is 0. The van der Waals surface area contributed by atoms with Crippen molar-refractivity contribution in [1.29, 1.82) is 0 Å². The number of hydrogen-bond donors (Lipinski definition) is 2. The highest BCUT2D eigenvalue weighted by molar-refractivity contribution is 5.86. The summed E-state index contributed by atoms with van der Waals surface area (Å²) in [4.78, 5) is 0. The van der Waals surface area contributed by atoms with E-state index in [-0.39, 0.29) is 17.0 Å². The molecule has 16 heavy (non-hydrogen) atoms. The SMILES string of the molecule is NCC(N)c1cccc2ccccc12.O.O. The van der Waals surface area contributed by atoms with E-state index in [2.05, 4.69) is 18.2 Å². The van der Waals surface area contributed by atoms with E-state index < -0.39 is 0 Å². The molecule has 0 spiro atoms. The third kappa shape index (κ3) is 2.56. The van der Waals surface area contributed by atoms with Crippen molar-refractivity contribution in [3.63, 3.8) is 0 Å². The maximum Gasteiger partial charge on any atom is 0.0425 e. The predicted molar refractivity (Wildman–Crippen MR) is 67.2 cm³/mol. The molecule has 2 aromatic rings. The number of nitrogens with two attached hydrogens (primary N) is 2. The van der Waals surface area contributed by atoms with Crippen molar-refractivity contribution in [3.05, 3.63) is 48.0 Å². The Morgan fingerprint density at radius 2 is 1.56 bits per heavy atom. The summed E-state index contributed by atoms with van der Waals surface area (Å²) in [5.41, 5.74) is 12.6. The highest BCUT2D eigenvalue weighted by Gasteiger charge is 2.06. The van der Waals surface area contributed by atoms with Gasteiger partial charge >= 0.3 is 0 Å². The van der Waals surface area contributed by atoms with Gasteiger partial charge in [0.1, 0.15) is 0 Å².